The lowest BCUT2D eigenvalue weighted by atomic mass is 9.80. The highest BCUT2D eigenvalue weighted by Gasteiger charge is 2.57. The van der Waals surface area contributed by atoms with Crippen molar-refractivity contribution in [2.24, 2.45) is 0 Å². The first-order valence-electron chi connectivity index (χ1n) is 29.5. The minimum absolute atomic E-state index is 0.104. The molecular weight excluding hydrogens is 1200 g/mol. The van der Waals surface area contributed by atoms with Gasteiger partial charge in [0.15, 0.2) is 6.23 Å². The first kappa shape index (κ1) is 73.2. The van der Waals surface area contributed by atoms with Crippen LogP contribution in [0.1, 0.15) is 82.7 Å². The van der Waals surface area contributed by atoms with E-state index in [2.05, 4.69) is 52.4 Å². The van der Waals surface area contributed by atoms with Gasteiger partial charge in [-0.05, 0) is 68.7 Å². The number of methoxy groups -OCH3 is 4. The standard InChI is InChI=1S/C62H84N11O17P/c1-43(2)73(61(3,4)29-30-63)91(82,83)90-58-49(42-88-62(44-12-10-9-11-13-44,45-14-18-47(84-5)19-15-45)46-16-20-48(85-6)21-17-46)89-59(71-41-28-52(76)70-60(71)81)57(58)72(53(77)24-22-50(74)68-39-37-66-35-33-64-31-26-55(79)86-7)54(78)25-23-51(75)69-40-38-67-36-34-65-32-27-56(80)87-8/h9-21,26-28,31-32,41,43,49,57-59,64-67H,22-25,29,33-40,42H2,1-8H3,(H,68,74)(H,69,75)(H,82,83)(H,70,76,81)/b31-26+,32-27+/t49-,57-,58-,59-/m1/s1. The molecule has 5 rings (SSSR count). The molecule has 5 atom stereocenters. The van der Waals surface area contributed by atoms with E-state index in [9.17, 15) is 38.9 Å². The summed E-state index contributed by atoms with van der Waals surface area (Å²) in [5.74, 6) is -3.37. The van der Waals surface area contributed by atoms with Gasteiger partial charge in [-0.1, -0.05) is 54.6 Å². The number of hydrogen-bond donors (Lipinski definition) is 8. The van der Waals surface area contributed by atoms with Gasteiger partial charge >= 0.3 is 25.4 Å². The van der Waals surface area contributed by atoms with Crippen LogP contribution in [-0.4, -0.2) is 177 Å². The number of aromatic nitrogens is 2. The van der Waals surface area contributed by atoms with Crippen LogP contribution in [-0.2, 0) is 62.4 Å². The third kappa shape index (κ3) is 21.3. The van der Waals surface area contributed by atoms with Gasteiger partial charge in [-0.2, -0.15) is 9.93 Å². The molecule has 1 fully saturated rings. The van der Waals surface area contributed by atoms with Gasteiger partial charge in [0.1, 0.15) is 35.3 Å². The molecule has 2 heterocycles. The van der Waals surface area contributed by atoms with E-state index in [1.165, 1.54) is 53.0 Å². The molecular formula is C62H84N11O17P. The van der Waals surface area contributed by atoms with Gasteiger partial charge in [-0.25, -0.2) is 18.9 Å². The molecule has 0 bridgehead atoms. The number of imide groups is 1. The maximum Gasteiger partial charge on any atom is 0.406 e. The Kier molecular flexibility index (Phi) is 29.3. The summed E-state index contributed by atoms with van der Waals surface area (Å²) in [7, 11) is 0.210. The summed E-state index contributed by atoms with van der Waals surface area (Å²) >= 11 is 0. The Bertz CT molecular complexity index is 3180. The number of nitrogens with zero attached hydrogens (tertiary/aromatic N) is 4. The van der Waals surface area contributed by atoms with E-state index < -0.39 is 129 Å². The molecule has 1 aliphatic rings. The summed E-state index contributed by atoms with van der Waals surface area (Å²) in [4.78, 5) is 123. The Morgan fingerprint density at radius 1 is 0.714 bits per heavy atom. The second-order valence-electron chi connectivity index (χ2n) is 21.5. The van der Waals surface area contributed by atoms with Gasteiger partial charge in [-0.15, -0.1) is 0 Å². The van der Waals surface area contributed by atoms with Crippen molar-refractivity contribution in [2.75, 3.05) is 87.4 Å². The van der Waals surface area contributed by atoms with Crippen LogP contribution in [0.3, 0.4) is 0 Å². The van der Waals surface area contributed by atoms with E-state index in [0.29, 0.717) is 59.3 Å². The Hall–Kier alpha value is -8.52. The second-order valence-corrected chi connectivity index (χ2v) is 23.1. The normalized spacial score (nSPS) is 16.4. The summed E-state index contributed by atoms with van der Waals surface area (Å²) in [6.07, 6.45) is -1.77. The van der Waals surface area contributed by atoms with Crippen LogP contribution < -0.4 is 52.6 Å². The smallest absolute Gasteiger partial charge is 0.406 e. The van der Waals surface area contributed by atoms with Crippen LogP contribution in [0.15, 0.2) is 125 Å². The predicted molar refractivity (Wildman–Crippen MR) is 334 cm³/mol. The number of hydrogen-bond acceptors (Lipinski definition) is 21. The molecule has 0 spiro atoms. The fraction of sp³-hybridized carbons (Fsp3) is 0.468. The lowest BCUT2D eigenvalue weighted by Crippen LogP contribution is -2.55. The quantitative estimate of drug-likeness (QED) is 0.0105. The van der Waals surface area contributed by atoms with Gasteiger partial charge < -0.3 is 65.2 Å². The monoisotopic (exact) mass is 1290 g/mol. The van der Waals surface area contributed by atoms with Crippen molar-refractivity contribution in [3.63, 3.8) is 0 Å². The molecule has 1 aromatic heterocycles. The van der Waals surface area contributed by atoms with Crippen molar-refractivity contribution in [2.45, 2.75) is 101 Å². The number of nitriles is 1. The van der Waals surface area contributed by atoms with Gasteiger partial charge in [-0.3, -0.25) is 42.9 Å². The van der Waals surface area contributed by atoms with Crippen molar-refractivity contribution in [3.8, 4) is 17.6 Å². The van der Waals surface area contributed by atoms with Gasteiger partial charge in [0, 0.05) is 126 Å². The van der Waals surface area contributed by atoms with Crippen LogP contribution in [0.4, 0.5) is 0 Å². The summed E-state index contributed by atoms with van der Waals surface area (Å²) < 4.78 is 58.4. The van der Waals surface area contributed by atoms with Crippen molar-refractivity contribution in [1.29, 1.82) is 5.26 Å². The number of carbonyl (C=O) groups excluding carboxylic acids is 6. The van der Waals surface area contributed by atoms with Gasteiger partial charge in [0.05, 0.1) is 47.5 Å². The maximum absolute atomic E-state index is 15.5. The summed E-state index contributed by atoms with van der Waals surface area (Å²) in [5, 5.41) is 27.5. The number of benzene rings is 3. The molecule has 3 aromatic carbocycles. The van der Waals surface area contributed by atoms with Crippen molar-refractivity contribution < 1.29 is 71.2 Å². The van der Waals surface area contributed by atoms with Crippen molar-refractivity contribution >= 4 is 43.3 Å². The Morgan fingerprint density at radius 2 is 1.20 bits per heavy atom. The molecule has 8 N–H and O–H groups in total. The van der Waals surface area contributed by atoms with Gasteiger partial charge in [0.25, 0.3) is 5.56 Å². The number of amides is 4. The average molecular weight is 1290 g/mol. The fourth-order valence-electron chi connectivity index (χ4n) is 10.3. The molecule has 0 saturated carbocycles. The molecule has 29 heteroatoms. The van der Waals surface area contributed by atoms with Crippen LogP contribution >= 0.6 is 7.75 Å². The molecule has 1 aliphatic heterocycles. The molecule has 4 aromatic rings. The Labute approximate surface area is 528 Å². The van der Waals surface area contributed by atoms with Crippen LogP contribution in [0.5, 0.6) is 11.5 Å². The molecule has 1 unspecified atom stereocenters. The number of nitrogens with one attached hydrogen (secondary N) is 7. The molecule has 91 heavy (non-hydrogen) atoms. The third-order valence-corrected chi connectivity index (χ3v) is 16.5. The fourth-order valence-corrected chi connectivity index (χ4v) is 12.3. The molecule has 1 saturated heterocycles. The molecule has 0 radical (unpaired) electrons. The van der Waals surface area contributed by atoms with E-state index >= 15 is 14.2 Å². The zero-order valence-corrected chi connectivity index (χ0v) is 53.4. The predicted octanol–water partition coefficient (Wildman–Crippen LogP) is 2.60. The van der Waals surface area contributed by atoms with E-state index in [1.807, 2.05) is 18.2 Å². The largest absolute Gasteiger partial charge is 0.497 e. The number of aromatic amines is 1. The van der Waals surface area contributed by atoms with Crippen molar-refractivity contribution in [3.05, 3.63) is 153 Å². The Balaban J connectivity index is 1.63. The molecule has 28 nitrogen and oxygen atoms in total. The van der Waals surface area contributed by atoms with Crippen LogP contribution in [0, 0.1) is 11.3 Å². The minimum atomic E-state index is -5.32. The topological polar surface area (TPSA) is 362 Å². The zero-order chi connectivity index (χ0) is 66.6. The molecule has 4 amide bonds. The number of carbonyl (C=O) groups is 6. The van der Waals surface area contributed by atoms with E-state index in [0.717, 1.165) is 21.5 Å². The van der Waals surface area contributed by atoms with E-state index in [-0.39, 0.29) is 32.6 Å². The lowest BCUT2D eigenvalue weighted by molar-refractivity contribution is -0.154. The second kappa shape index (κ2) is 36.4. The summed E-state index contributed by atoms with van der Waals surface area (Å²) in [5.41, 5.74) is -3.25. The number of H-pyrrole nitrogens is 1. The highest BCUT2D eigenvalue weighted by Crippen LogP contribution is 2.56. The van der Waals surface area contributed by atoms with Crippen molar-refractivity contribution in [1.82, 2.24) is 51.0 Å². The summed E-state index contributed by atoms with van der Waals surface area (Å²) in [6, 6.07) is 23.4. The third-order valence-electron chi connectivity index (χ3n) is 14.4. The van der Waals surface area contributed by atoms with Crippen LogP contribution in [0.25, 0.3) is 0 Å². The SMILES string of the molecule is COC(=O)/C=C/NCCNCCNC(=O)CCC(=O)N(C(=O)CCC(=O)NCCNCCN/C=C/C(=O)OC)[C@@H]1[C@H](OP(=O)(O)N(C(C)C)C(C)(C)CC#N)[C@@H](COC(c2ccccc2)(c2ccc(OC)cc2)c2ccc(OC)cc2)O[C@H]1n1ccc(=O)[nH]c1=O. The first-order valence-corrected chi connectivity index (χ1v) is 31.0. The average Bonchev–Trinajstić information content (AvgIpc) is 1.72. The van der Waals surface area contributed by atoms with Crippen LogP contribution in [0.2, 0.25) is 0 Å². The number of ether oxygens (including phenoxy) is 6. The highest BCUT2D eigenvalue weighted by molar-refractivity contribution is 7.50. The molecule has 494 valence electrons. The summed E-state index contributed by atoms with van der Waals surface area (Å²) in [6.45, 7) is 8.20. The number of rotatable bonds is 38. The van der Waals surface area contributed by atoms with Gasteiger partial charge in [0.2, 0.25) is 23.6 Å². The Morgan fingerprint density at radius 3 is 1.65 bits per heavy atom. The van der Waals surface area contributed by atoms with E-state index in [4.69, 9.17) is 23.5 Å². The highest BCUT2D eigenvalue weighted by atomic mass is 31.2. The minimum Gasteiger partial charge on any atom is -0.497 e. The first-order chi connectivity index (χ1) is 43.6. The number of esters is 2. The lowest BCUT2D eigenvalue weighted by Gasteiger charge is -2.43. The zero-order valence-electron chi connectivity index (χ0n) is 52.5. The maximum atomic E-state index is 15.5. The molecule has 0 aliphatic carbocycles. The van der Waals surface area contributed by atoms with E-state index in [1.54, 1.807) is 88.4 Å².